The molecule has 1 aromatic carbocycles. The zero-order chi connectivity index (χ0) is 12.4. The molecule has 6 nitrogen and oxygen atoms in total. The van der Waals surface area contributed by atoms with Crippen molar-refractivity contribution in [1.29, 1.82) is 0 Å². The quantitative estimate of drug-likeness (QED) is 0.850. The number of benzene rings is 1. The maximum Gasteiger partial charge on any atom is 0.311 e. The Morgan fingerprint density at radius 2 is 1.94 bits per heavy atom. The Bertz CT molecular complexity index is 542. The second-order valence-corrected chi connectivity index (χ2v) is 3.92. The SMILES string of the molecule is Cc1cc(C)cc(-n2nnnc2CC(=O)O)c1. The van der Waals surface area contributed by atoms with Gasteiger partial charge < -0.3 is 5.11 Å². The van der Waals surface area contributed by atoms with Crippen molar-refractivity contribution in [2.24, 2.45) is 0 Å². The number of rotatable bonds is 3. The fourth-order valence-electron chi connectivity index (χ4n) is 1.72. The molecule has 0 aliphatic rings. The summed E-state index contributed by atoms with van der Waals surface area (Å²) in [6, 6.07) is 5.86. The molecule has 0 spiro atoms. The molecule has 0 saturated carbocycles. The van der Waals surface area contributed by atoms with Crippen LogP contribution < -0.4 is 0 Å². The third kappa shape index (κ3) is 2.47. The third-order valence-electron chi connectivity index (χ3n) is 2.29. The summed E-state index contributed by atoms with van der Waals surface area (Å²) >= 11 is 0. The number of carboxylic acids is 1. The number of carbonyl (C=O) groups is 1. The molecule has 2 rings (SSSR count). The highest BCUT2D eigenvalue weighted by Crippen LogP contribution is 2.13. The second kappa shape index (κ2) is 4.32. The number of tetrazole rings is 1. The van der Waals surface area contributed by atoms with E-state index >= 15 is 0 Å². The molecule has 0 saturated heterocycles. The van der Waals surface area contributed by atoms with E-state index in [4.69, 9.17) is 5.11 Å². The maximum atomic E-state index is 10.7. The van der Waals surface area contributed by atoms with E-state index in [0.29, 0.717) is 5.82 Å². The first-order valence-corrected chi connectivity index (χ1v) is 5.14. The Kier molecular flexibility index (Phi) is 2.86. The van der Waals surface area contributed by atoms with Gasteiger partial charge >= 0.3 is 5.97 Å². The normalized spacial score (nSPS) is 10.5. The van der Waals surface area contributed by atoms with E-state index in [-0.39, 0.29) is 6.42 Å². The number of aryl methyl sites for hydroxylation is 2. The van der Waals surface area contributed by atoms with E-state index in [1.54, 1.807) is 0 Å². The third-order valence-corrected chi connectivity index (χ3v) is 2.29. The molecular formula is C11H12N4O2. The van der Waals surface area contributed by atoms with Crippen LogP contribution in [0.4, 0.5) is 0 Å². The molecule has 1 N–H and O–H groups in total. The average molecular weight is 232 g/mol. The molecule has 0 aliphatic carbocycles. The monoisotopic (exact) mass is 232 g/mol. The lowest BCUT2D eigenvalue weighted by atomic mass is 10.1. The molecule has 0 bridgehead atoms. The Morgan fingerprint density at radius 1 is 1.29 bits per heavy atom. The lowest BCUT2D eigenvalue weighted by Gasteiger charge is -2.05. The molecule has 0 fully saturated rings. The number of aromatic nitrogens is 4. The maximum absolute atomic E-state index is 10.7. The molecule has 0 amide bonds. The Labute approximate surface area is 97.9 Å². The summed E-state index contributed by atoms with van der Waals surface area (Å²) in [5.74, 6) is -0.632. The van der Waals surface area contributed by atoms with Crippen LogP contribution in [0, 0.1) is 13.8 Å². The van der Waals surface area contributed by atoms with Gasteiger partial charge in [-0.2, -0.15) is 4.68 Å². The first-order valence-electron chi connectivity index (χ1n) is 5.14. The van der Waals surface area contributed by atoms with Gasteiger partial charge in [0.25, 0.3) is 0 Å². The summed E-state index contributed by atoms with van der Waals surface area (Å²) in [5.41, 5.74) is 2.94. The standard InChI is InChI=1S/C11H12N4O2/c1-7-3-8(2)5-9(4-7)15-10(6-11(16)17)12-13-14-15/h3-5H,6H2,1-2H3,(H,16,17). The van der Waals surface area contributed by atoms with Crippen molar-refractivity contribution in [3.8, 4) is 5.69 Å². The highest BCUT2D eigenvalue weighted by atomic mass is 16.4. The van der Waals surface area contributed by atoms with Gasteiger partial charge in [-0.25, -0.2) is 0 Å². The number of aliphatic carboxylic acids is 1. The highest BCUT2D eigenvalue weighted by molar-refractivity contribution is 5.69. The predicted octanol–water partition coefficient (Wildman–Crippen LogP) is 0.906. The molecular weight excluding hydrogens is 220 g/mol. The molecule has 1 aromatic heterocycles. The number of hydrogen-bond donors (Lipinski definition) is 1. The van der Waals surface area contributed by atoms with Gasteiger partial charge in [-0.1, -0.05) is 6.07 Å². The summed E-state index contributed by atoms with van der Waals surface area (Å²) in [6.07, 6.45) is -0.194. The van der Waals surface area contributed by atoms with E-state index in [9.17, 15) is 4.79 Å². The Balaban J connectivity index is 2.45. The highest BCUT2D eigenvalue weighted by Gasteiger charge is 2.12. The van der Waals surface area contributed by atoms with E-state index in [1.165, 1.54) is 4.68 Å². The first-order chi connectivity index (χ1) is 8.06. The molecule has 17 heavy (non-hydrogen) atoms. The van der Waals surface area contributed by atoms with Crippen LogP contribution in [-0.2, 0) is 11.2 Å². The van der Waals surface area contributed by atoms with Gasteiger partial charge in [0.15, 0.2) is 5.82 Å². The first kappa shape index (κ1) is 11.3. The minimum atomic E-state index is -0.953. The van der Waals surface area contributed by atoms with Gasteiger partial charge in [0, 0.05) is 0 Å². The van der Waals surface area contributed by atoms with Crippen molar-refractivity contribution < 1.29 is 9.90 Å². The summed E-state index contributed by atoms with van der Waals surface area (Å²) in [6.45, 7) is 3.94. The largest absolute Gasteiger partial charge is 0.481 e. The zero-order valence-electron chi connectivity index (χ0n) is 9.58. The molecule has 6 heteroatoms. The minimum absolute atomic E-state index is 0.194. The lowest BCUT2D eigenvalue weighted by molar-refractivity contribution is -0.136. The van der Waals surface area contributed by atoms with Gasteiger partial charge in [0.1, 0.15) is 6.42 Å². The fraction of sp³-hybridized carbons (Fsp3) is 0.273. The lowest BCUT2D eigenvalue weighted by Crippen LogP contribution is -2.09. The van der Waals surface area contributed by atoms with Crippen molar-refractivity contribution in [3.05, 3.63) is 35.2 Å². The van der Waals surface area contributed by atoms with Gasteiger partial charge in [-0.05, 0) is 47.5 Å². The minimum Gasteiger partial charge on any atom is -0.481 e. The van der Waals surface area contributed by atoms with Crippen molar-refractivity contribution >= 4 is 5.97 Å². The molecule has 0 radical (unpaired) electrons. The van der Waals surface area contributed by atoms with Crippen LogP contribution in [0.15, 0.2) is 18.2 Å². The number of nitrogens with zero attached hydrogens (tertiary/aromatic N) is 4. The van der Waals surface area contributed by atoms with Gasteiger partial charge in [-0.3, -0.25) is 4.79 Å². The Hall–Kier alpha value is -2.24. The van der Waals surface area contributed by atoms with Crippen molar-refractivity contribution in [2.45, 2.75) is 20.3 Å². The molecule has 88 valence electrons. The Morgan fingerprint density at radius 3 is 2.53 bits per heavy atom. The molecule has 0 unspecified atom stereocenters. The summed E-state index contributed by atoms with van der Waals surface area (Å²) < 4.78 is 1.45. The predicted molar refractivity (Wildman–Crippen MR) is 60.0 cm³/mol. The fourth-order valence-corrected chi connectivity index (χ4v) is 1.72. The smallest absolute Gasteiger partial charge is 0.311 e. The van der Waals surface area contributed by atoms with Crippen LogP contribution in [0.5, 0.6) is 0 Å². The summed E-state index contributed by atoms with van der Waals surface area (Å²) in [5, 5.41) is 19.8. The van der Waals surface area contributed by atoms with E-state index < -0.39 is 5.97 Å². The van der Waals surface area contributed by atoms with Crippen molar-refractivity contribution in [3.63, 3.8) is 0 Å². The van der Waals surface area contributed by atoms with Crippen molar-refractivity contribution in [1.82, 2.24) is 20.2 Å². The van der Waals surface area contributed by atoms with Crippen LogP contribution in [0.2, 0.25) is 0 Å². The topological polar surface area (TPSA) is 80.9 Å². The van der Waals surface area contributed by atoms with Crippen LogP contribution in [0.25, 0.3) is 5.69 Å². The molecule has 0 aliphatic heterocycles. The zero-order valence-corrected chi connectivity index (χ0v) is 9.58. The van der Waals surface area contributed by atoms with Gasteiger partial charge in [-0.15, -0.1) is 5.10 Å². The molecule has 0 atom stereocenters. The molecule has 2 aromatic rings. The van der Waals surface area contributed by atoms with E-state index in [2.05, 4.69) is 15.5 Å². The van der Waals surface area contributed by atoms with Crippen LogP contribution >= 0.6 is 0 Å². The van der Waals surface area contributed by atoms with Crippen LogP contribution in [-0.4, -0.2) is 31.3 Å². The summed E-state index contributed by atoms with van der Waals surface area (Å²) in [7, 11) is 0. The van der Waals surface area contributed by atoms with Gasteiger partial charge in [0.05, 0.1) is 5.69 Å². The average Bonchev–Trinajstić information content (AvgIpc) is 2.63. The van der Waals surface area contributed by atoms with E-state index in [0.717, 1.165) is 16.8 Å². The van der Waals surface area contributed by atoms with E-state index in [1.807, 2.05) is 32.0 Å². The number of hydrogen-bond acceptors (Lipinski definition) is 4. The van der Waals surface area contributed by atoms with Crippen LogP contribution in [0.3, 0.4) is 0 Å². The second-order valence-electron chi connectivity index (χ2n) is 3.92. The van der Waals surface area contributed by atoms with Crippen molar-refractivity contribution in [2.75, 3.05) is 0 Å². The molecule has 1 heterocycles. The summed E-state index contributed by atoms with van der Waals surface area (Å²) in [4.78, 5) is 10.7. The van der Waals surface area contributed by atoms with Crippen LogP contribution in [0.1, 0.15) is 17.0 Å². The number of carboxylic acid groups (broad SMARTS) is 1. The van der Waals surface area contributed by atoms with Gasteiger partial charge in [0.2, 0.25) is 0 Å².